The van der Waals surface area contributed by atoms with Crippen LogP contribution in [-0.2, 0) is 21.5 Å². The van der Waals surface area contributed by atoms with Gasteiger partial charge in [-0.25, -0.2) is 0 Å². The number of oxime groups is 1. The third-order valence-electron chi connectivity index (χ3n) is 2.97. The molecule has 0 aromatic heterocycles. The lowest BCUT2D eigenvalue weighted by atomic mass is 10.2. The van der Waals surface area contributed by atoms with Crippen LogP contribution in [0.1, 0.15) is 11.1 Å². The van der Waals surface area contributed by atoms with Gasteiger partial charge in [0.25, 0.3) is 0 Å². The van der Waals surface area contributed by atoms with Crippen LogP contribution < -0.4 is 4.72 Å². The Kier molecular flexibility index (Phi) is 6.38. The van der Waals surface area contributed by atoms with Crippen molar-refractivity contribution < 1.29 is 26.4 Å². The highest BCUT2D eigenvalue weighted by Gasteiger charge is 2.46. The van der Waals surface area contributed by atoms with Crippen molar-refractivity contribution in [2.24, 2.45) is 5.16 Å². The Bertz CT molecular complexity index is 901. The minimum Gasteiger partial charge on any atom is -0.391 e. The SMILES string of the molecule is O=S(=O)(Nc1ccc(Cl)cc1/C=N/OCc1ccc(Cl)cc1)C(F)(F)F. The van der Waals surface area contributed by atoms with E-state index in [1.165, 1.54) is 16.9 Å². The summed E-state index contributed by atoms with van der Waals surface area (Å²) in [6.07, 6.45) is 1.05. The molecule has 11 heteroatoms. The van der Waals surface area contributed by atoms with E-state index in [0.717, 1.165) is 17.8 Å². The monoisotopic (exact) mass is 426 g/mol. The van der Waals surface area contributed by atoms with E-state index in [2.05, 4.69) is 5.16 Å². The second-order valence-corrected chi connectivity index (χ2v) is 7.46. The molecule has 2 aromatic carbocycles. The predicted octanol–water partition coefficient (Wildman–Crippen LogP) is 4.81. The molecule has 0 aliphatic heterocycles. The number of nitrogens with one attached hydrogen (secondary N) is 1. The Hall–Kier alpha value is -1.97. The van der Waals surface area contributed by atoms with E-state index in [-0.39, 0.29) is 22.9 Å². The van der Waals surface area contributed by atoms with Crippen molar-refractivity contribution in [1.29, 1.82) is 0 Å². The Morgan fingerprint density at radius 1 is 1.08 bits per heavy atom. The summed E-state index contributed by atoms with van der Waals surface area (Å²) in [6.45, 7) is 0.0812. The molecule has 0 atom stereocenters. The summed E-state index contributed by atoms with van der Waals surface area (Å²) in [5.74, 6) is 0. The van der Waals surface area contributed by atoms with Crippen LogP contribution in [0.2, 0.25) is 10.0 Å². The number of hydrogen-bond acceptors (Lipinski definition) is 4. The molecule has 0 unspecified atom stereocenters. The molecule has 0 amide bonds. The van der Waals surface area contributed by atoms with Gasteiger partial charge in [0.15, 0.2) is 0 Å². The molecular weight excluding hydrogens is 416 g/mol. The summed E-state index contributed by atoms with van der Waals surface area (Å²) in [6, 6.07) is 10.3. The standard InChI is InChI=1S/C15H11Cl2F3N2O3S/c16-12-3-1-10(2-4-12)9-25-21-8-11-7-13(17)5-6-14(11)22-26(23,24)15(18,19)20/h1-8,22H,9H2/b21-8+. The predicted molar refractivity (Wildman–Crippen MR) is 93.9 cm³/mol. The number of benzene rings is 2. The summed E-state index contributed by atoms with van der Waals surface area (Å²) >= 11 is 11.5. The van der Waals surface area contributed by atoms with E-state index in [1.807, 2.05) is 0 Å². The molecule has 0 aliphatic rings. The maximum absolute atomic E-state index is 12.5. The number of hydrogen-bond donors (Lipinski definition) is 1. The molecule has 140 valence electrons. The van der Waals surface area contributed by atoms with Crippen LogP contribution in [0, 0.1) is 0 Å². The molecule has 1 N–H and O–H groups in total. The molecule has 5 nitrogen and oxygen atoms in total. The van der Waals surface area contributed by atoms with Gasteiger partial charge in [0.2, 0.25) is 0 Å². The van der Waals surface area contributed by atoms with Crippen LogP contribution in [-0.4, -0.2) is 20.1 Å². The van der Waals surface area contributed by atoms with Gasteiger partial charge in [0.1, 0.15) is 6.61 Å². The Morgan fingerprint density at radius 3 is 2.31 bits per heavy atom. The van der Waals surface area contributed by atoms with Gasteiger partial charge in [0.05, 0.1) is 11.9 Å². The number of halogens is 5. The second-order valence-electron chi connectivity index (χ2n) is 4.92. The molecule has 0 bridgehead atoms. The summed E-state index contributed by atoms with van der Waals surface area (Å²) in [5, 5.41) is 4.35. The Morgan fingerprint density at radius 2 is 1.69 bits per heavy atom. The van der Waals surface area contributed by atoms with Crippen molar-refractivity contribution in [2.45, 2.75) is 12.1 Å². The van der Waals surface area contributed by atoms with Crippen molar-refractivity contribution in [3.8, 4) is 0 Å². The van der Waals surface area contributed by atoms with Crippen molar-refractivity contribution in [2.75, 3.05) is 4.72 Å². The molecule has 26 heavy (non-hydrogen) atoms. The third kappa shape index (κ3) is 5.52. The van der Waals surface area contributed by atoms with Gasteiger partial charge in [-0.3, -0.25) is 4.72 Å². The highest BCUT2D eigenvalue weighted by atomic mass is 35.5. The van der Waals surface area contributed by atoms with Crippen molar-refractivity contribution in [3.05, 3.63) is 63.6 Å². The minimum atomic E-state index is -5.57. The van der Waals surface area contributed by atoms with Crippen LogP contribution in [0.4, 0.5) is 18.9 Å². The topological polar surface area (TPSA) is 67.8 Å². The maximum Gasteiger partial charge on any atom is 0.516 e. The van der Waals surface area contributed by atoms with Crippen molar-refractivity contribution in [1.82, 2.24) is 0 Å². The van der Waals surface area contributed by atoms with Gasteiger partial charge in [-0.1, -0.05) is 40.5 Å². The quantitative estimate of drug-likeness (QED) is 0.532. The van der Waals surface area contributed by atoms with Gasteiger partial charge >= 0.3 is 15.5 Å². The molecule has 0 saturated heterocycles. The van der Waals surface area contributed by atoms with Gasteiger partial charge in [0, 0.05) is 15.6 Å². The zero-order chi connectivity index (χ0) is 19.4. The van der Waals surface area contributed by atoms with Crippen LogP contribution in [0.25, 0.3) is 0 Å². The lowest BCUT2D eigenvalue weighted by Crippen LogP contribution is -2.30. The first-order chi connectivity index (χ1) is 12.1. The van der Waals surface area contributed by atoms with Crippen LogP contribution in [0.15, 0.2) is 47.6 Å². The average molecular weight is 427 g/mol. The first kappa shape index (κ1) is 20.3. The van der Waals surface area contributed by atoms with Crippen LogP contribution in [0.3, 0.4) is 0 Å². The fraction of sp³-hybridized carbons (Fsp3) is 0.133. The fourth-order valence-electron chi connectivity index (χ4n) is 1.72. The van der Waals surface area contributed by atoms with Crippen LogP contribution in [0.5, 0.6) is 0 Å². The van der Waals surface area contributed by atoms with E-state index in [0.29, 0.717) is 5.02 Å². The third-order valence-corrected chi connectivity index (χ3v) is 4.56. The number of anilines is 1. The molecule has 0 fully saturated rings. The molecular formula is C15H11Cl2F3N2O3S. The molecule has 2 rings (SSSR count). The summed E-state index contributed by atoms with van der Waals surface area (Å²) in [4.78, 5) is 5.04. The number of sulfonamides is 1. The van der Waals surface area contributed by atoms with Crippen molar-refractivity contribution >= 4 is 45.1 Å². The van der Waals surface area contributed by atoms with E-state index in [4.69, 9.17) is 28.0 Å². The lowest BCUT2D eigenvalue weighted by molar-refractivity contribution is -0.0429. The zero-order valence-electron chi connectivity index (χ0n) is 12.8. The van der Waals surface area contributed by atoms with Crippen LogP contribution >= 0.6 is 23.2 Å². The molecule has 0 heterocycles. The second kappa shape index (κ2) is 8.15. The number of rotatable bonds is 6. The summed E-state index contributed by atoms with van der Waals surface area (Å²) < 4.78 is 61.5. The summed E-state index contributed by atoms with van der Waals surface area (Å²) in [7, 11) is -5.57. The molecule has 0 spiro atoms. The highest BCUT2D eigenvalue weighted by molar-refractivity contribution is 7.93. The minimum absolute atomic E-state index is 0.00133. The summed E-state index contributed by atoms with van der Waals surface area (Å²) in [5.41, 5.74) is -5.03. The van der Waals surface area contributed by atoms with E-state index >= 15 is 0 Å². The molecule has 0 radical (unpaired) electrons. The Balaban J connectivity index is 2.13. The van der Waals surface area contributed by atoms with Crippen molar-refractivity contribution in [3.63, 3.8) is 0 Å². The van der Waals surface area contributed by atoms with Gasteiger partial charge in [-0.15, -0.1) is 0 Å². The van der Waals surface area contributed by atoms with E-state index in [1.54, 1.807) is 24.3 Å². The molecule has 0 aliphatic carbocycles. The molecule has 2 aromatic rings. The number of nitrogens with zero attached hydrogens (tertiary/aromatic N) is 1. The van der Waals surface area contributed by atoms with Gasteiger partial charge in [-0.05, 0) is 35.9 Å². The van der Waals surface area contributed by atoms with Gasteiger partial charge in [-0.2, -0.15) is 21.6 Å². The largest absolute Gasteiger partial charge is 0.516 e. The first-order valence-corrected chi connectivity index (χ1v) is 9.11. The van der Waals surface area contributed by atoms with E-state index in [9.17, 15) is 21.6 Å². The smallest absolute Gasteiger partial charge is 0.391 e. The fourth-order valence-corrected chi connectivity index (χ4v) is 2.62. The highest BCUT2D eigenvalue weighted by Crippen LogP contribution is 2.27. The average Bonchev–Trinajstić information content (AvgIpc) is 2.54. The maximum atomic E-state index is 12.5. The normalized spacial score (nSPS) is 12.3. The number of alkyl halides is 3. The Labute approximate surface area is 157 Å². The lowest BCUT2D eigenvalue weighted by Gasteiger charge is -2.12. The van der Waals surface area contributed by atoms with Gasteiger partial charge < -0.3 is 4.84 Å². The van der Waals surface area contributed by atoms with E-state index < -0.39 is 15.5 Å². The first-order valence-electron chi connectivity index (χ1n) is 6.87. The molecule has 0 saturated carbocycles. The zero-order valence-corrected chi connectivity index (χ0v) is 15.1.